The smallest absolute Gasteiger partial charge is 0.219 e. The molecule has 0 saturated carbocycles. The summed E-state index contributed by atoms with van der Waals surface area (Å²) in [7, 11) is 0. The molecule has 5 heteroatoms. The Morgan fingerprint density at radius 3 is 2.94 bits per heavy atom. The summed E-state index contributed by atoms with van der Waals surface area (Å²) in [5.74, 6) is -0.501. The molecule has 1 saturated heterocycles. The molecule has 0 spiro atoms. The molecule has 1 aromatic heterocycles. The minimum absolute atomic E-state index is 0.257. The first-order chi connectivity index (χ1) is 8.49. The zero-order valence-corrected chi connectivity index (χ0v) is 12.2. The standard InChI is InChI=1S/C13H17BrFNO2/c1-13(2,18-11-5-3-4-6-17-11)10-7-9(14)8-16-12(10)15/h7-8,11H,3-6H2,1-2H3. The topological polar surface area (TPSA) is 31.4 Å². The molecular formula is C13H17BrFNO2. The van der Waals surface area contributed by atoms with E-state index in [1.165, 1.54) is 6.20 Å². The van der Waals surface area contributed by atoms with Crippen LogP contribution in [-0.4, -0.2) is 17.9 Å². The second kappa shape index (κ2) is 5.63. The van der Waals surface area contributed by atoms with Gasteiger partial charge in [0.15, 0.2) is 6.29 Å². The predicted molar refractivity (Wildman–Crippen MR) is 69.6 cm³/mol. The van der Waals surface area contributed by atoms with Gasteiger partial charge in [0, 0.05) is 22.8 Å². The molecule has 3 nitrogen and oxygen atoms in total. The van der Waals surface area contributed by atoms with Crippen LogP contribution in [0.2, 0.25) is 0 Å². The third kappa shape index (κ3) is 3.28. The highest BCUT2D eigenvalue weighted by Gasteiger charge is 2.30. The molecule has 0 amide bonds. The van der Waals surface area contributed by atoms with Crippen molar-refractivity contribution >= 4 is 15.9 Å². The van der Waals surface area contributed by atoms with Gasteiger partial charge < -0.3 is 9.47 Å². The van der Waals surface area contributed by atoms with Gasteiger partial charge >= 0.3 is 0 Å². The zero-order chi connectivity index (χ0) is 13.2. The average Bonchev–Trinajstić information content (AvgIpc) is 2.33. The van der Waals surface area contributed by atoms with Gasteiger partial charge in [-0.15, -0.1) is 0 Å². The lowest BCUT2D eigenvalue weighted by molar-refractivity contribution is -0.219. The zero-order valence-electron chi connectivity index (χ0n) is 10.6. The number of pyridine rings is 1. The van der Waals surface area contributed by atoms with Crippen molar-refractivity contribution in [3.05, 3.63) is 28.2 Å². The van der Waals surface area contributed by atoms with Crippen LogP contribution in [0.1, 0.15) is 38.7 Å². The molecule has 18 heavy (non-hydrogen) atoms. The SMILES string of the molecule is CC(C)(OC1CCCCO1)c1cc(Br)cnc1F. The first-order valence-corrected chi connectivity index (χ1v) is 6.89. The monoisotopic (exact) mass is 317 g/mol. The van der Waals surface area contributed by atoms with Gasteiger partial charge in [-0.1, -0.05) is 0 Å². The molecule has 1 unspecified atom stereocenters. The molecule has 0 aromatic carbocycles. The van der Waals surface area contributed by atoms with E-state index in [0.29, 0.717) is 12.2 Å². The van der Waals surface area contributed by atoms with Crippen LogP contribution in [0.15, 0.2) is 16.7 Å². The minimum atomic E-state index is -0.761. The van der Waals surface area contributed by atoms with Gasteiger partial charge in [-0.3, -0.25) is 0 Å². The lowest BCUT2D eigenvalue weighted by Gasteiger charge is -2.33. The van der Waals surface area contributed by atoms with Gasteiger partial charge in [0.05, 0.1) is 5.60 Å². The summed E-state index contributed by atoms with van der Waals surface area (Å²) in [6, 6.07) is 1.70. The second-order valence-electron chi connectivity index (χ2n) is 4.92. The third-order valence-electron chi connectivity index (χ3n) is 3.02. The average molecular weight is 318 g/mol. The van der Waals surface area contributed by atoms with Crippen LogP contribution < -0.4 is 0 Å². The third-order valence-corrected chi connectivity index (χ3v) is 3.45. The molecule has 0 aliphatic carbocycles. The summed E-state index contributed by atoms with van der Waals surface area (Å²) in [6.45, 7) is 4.37. The highest BCUT2D eigenvalue weighted by Crippen LogP contribution is 2.31. The molecular weight excluding hydrogens is 301 g/mol. The number of aromatic nitrogens is 1. The van der Waals surface area contributed by atoms with E-state index in [1.807, 2.05) is 13.8 Å². The van der Waals surface area contributed by atoms with Crippen molar-refractivity contribution in [2.75, 3.05) is 6.61 Å². The number of rotatable bonds is 3. The van der Waals surface area contributed by atoms with Crippen LogP contribution in [-0.2, 0) is 15.1 Å². The van der Waals surface area contributed by atoms with Crippen molar-refractivity contribution in [1.29, 1.82) is 0 Å². The number of ether oxygens (including phenoxy) is 2. The van der Waals surface area contributed by atoms with E-state index in [1.54, 1.807) is 6.07 Å². The van der Waals surface area contributed by atoms with E-state index >= 15 is 0 Å². The largest absolute Gasteiger partial charge is 0.353 e. The Kier molecular flexibility index (Phi) is 4.35. The number of hydrogen-bond donors (Lipinski definition) is 0. The summed E-state index contributed by atoms with van der Waals surface area (Å²) in [4.78, 5) is 3.70. The van der Waals surface area contributed by atoms with E-state index < -0.39 is 11.5 Å². The Balaban J connectivity index is 2.15. The molecule has 2 rings (SSSR count). The van der Waals surface area contributed by atoms with Gasteiger partial charge in [0.1, 0.15) is 0 Å². The Morgan fingerprint density at radius 1 is 1.50 bits per heavy atom. The maximum atomic E-state index is 13.8. The van der Waals surface area contributed by atoms with E-state index in [4.69, 9.17) is 9.47 Å². The van der Waals surface area contributed by atoms with Crippen LogP contribution in [0.5, 0.6) is 0 Å². The van der Waals surface area contributed by atoms with Gasteiger partial charge in [0.25, 0.3) is 0 Å². The molecule has 1 aliphatic rings. The molecule has 1 aliphatic heterocycles. The quantitative estimate of drug-likeness (QED) is 0.795. The molecule has 0 radical (unpaired) electrons. The van der Waals surface area contributed by atoms with Crippen molar-refractivity contribution in [2.45, 2.75) is 45.0 Å². The fraction of sp³-hybridized carbons (Fsp3) is 0.615. The summed E-state index contributed by atoms with van der Waals surface area (Å²) in [5, 5.41) is 0. The second-order valence-corrected chi connectivity index (χ2v) is 5.83. The highest BCUT2D eigenvalue weighted by atomic mass is 79.9. The van der Waals surface area contributed by atoms with Gasteiger partial charge in [-0.05, 0) is 55.1 Å². The fourth-order valence-corrected chi connectivity index (χ4v) is 2.37. The first-order valence-electron chi connectivity index (χ1n) is 6.10. The van der Waals surface area contributed by atoms with Crippen LogP contribution >= 0.6 is 15.9 Å². The van der Waals surface area contributed by atoms with Gasteiger partial charge in [-0.25, -0.2) is 4.98 Å². The predicted octanol–water partition coefficient (Wildman–Crippen LogP) is 3.76. The van der Waals surface area contributed by atoms with Crippen molar-refractivity contribution in [3.63, 3.8) is 0 Å². The van der Waals surface area contributed by atoms with Crippen LogP contribution in [0.3, 0.4) is 0 Å². The normalized spacial score (nSPS) is 21.0. The Hall–Kier alpha value is -0.520. The lowest BCUT2D eigenvalue weighted by Crippen LogP contribution is -2.33. The summed E-state index contributed by atoms with van der Waals surface area (Å²) in [6.07, 6.45) is 4.18. The van der Waals surface area contributed by atoms with Gasteiger partial charge in [0.2, 0.25) is 5.95 Å². The Bertz CT molecular complexity index is 419. The van der Waals surface area contributed by atoms with E-state index in [0.717, 1.165) is 23.7 Å². The van der Waals surface area contributed by atoms with Crippen molar-refractivity contribution in [2.24, 2.45) is 0 Å². The van der Waals surface area contributed by atoms with Crippen molar-refractivity contribution in [1.82, 2.24) is 4.98 Å². The first kappa shape index (κ1) is 13.9. The van der Waals surface area contributed by atoms with Crippen LogP contribution in [0, 0.1) is 5.95 Å². The van der Waals surface area contributed by atoms with E-state index in [9.17, 15) is 4.39 Å². The molecule has 0 N–H and O–H groups in total. The summed E-state index contributed by atoms with van der Waals surface area (Å²) >= 11 is 3.30. The molecule has 100 valence electrons. The van der Waals surface area contributed by atoms with Gasteiger partial charge in [-0.2, -0.15) is 4.39 Å². The Labute approximate surface area is 115 Å². The molecule has 1 aromatic rings. The molecule has 0 bridgehead atoms. The highest BCUT2D eigenvalue weighted by molar-refractivity contribution is 9.10. The number of halogens is 2. The molecule has 2 heterocycles. The Morgan fingerprint density at radius 2 is 2.28 bits per heavy atom. The maximum absolute atomic E-state index is 13.8. The fourth-order valence-electron chi connectivity index (χ4n) is 2.04. The summed E-state index contributed by atoms with van der Waals surface area (Å²) < 4.78 is 25.9. The van der Waals surface area contributed by atoms with Crippen LogP contribution in [0.4, 0.5) is 4.39 Å². The minimum Gasteiger partial charge on any atom is -0.353 e. The lowest BCUT2D eigenvalue weighted by atomic mass is 9.99. The number of hydrogen-bond acceptors (Lipinski definition) is 3. The molecule has 1 fully saturated rings. The van der Waals surface area contributed by atoms with Crippen LogP contribution in [0.25, 0.3) is 0 Å². The number of nitrogens with zero attached hydrogens (tertiary/aromatic N) is 1. The van der Waals surface area contributed by atoms with E-state index in [-0.39, 0.29) is 6.29 Å². The van der Waals surface area contributed by atoms with Crippen molar-refractivity contribution < 1.29 is 13.9 Å². The summed E-state index contributed by atoms with van der Waals surface area (Å²) in [5.41, 5.74) is -0.325. The maximum Gasteiger partial charge on any atom is 0.219 e. The van der Waals surface area contributed by atoms with E-state index in [2.05, 4.69) is 20.9 Å². The molecule has 1 atom stereocenters. The van der Waals surface area contributed by atoms with Crippen molar-refractivity contribution in [3.8, 4) is 0 Å².